The molecule has 0 saturated carbocycles. The first-order valence-electron chi connectivity index (χ1n) is 13.7. The predicted octanol–water partition coefficient (Wildman–Crippen LogP) is 6.52. The average molecular weight is 551 g/mol. The van der Waals surface area contributed by atoms with Crippen molar-refractivity contribution in [3.05, 3.63) is 53.7 Å². The maximum Gasteiger partial charge on any atom is 0.410 e. The van der Waals surface area contributed by atoms with Crippen molar-refractivity contribution in [1.82, 2.24) is 19.0 Å². The molecule has 1 aromatic carbocycles. The van der Waals surface area contributed by atoms with Crippen molar-refractivity contribution in [2.24, 2.45) is 7.05 Å². The van der Waals surface area contributed by atoms with Gasteiger partial charge in [-0.25, -0.2) is 9.78 Å². The van der Waals surface area contributed by atoms with Gasteiger partial charge in [0.15, 0.2) is 5.82 Å². The molecule has 1 aliphatic rings. The van der Waals surface area contributed by atoms with Gasteiger partial charge >= 0.3 is 6.09 Å². The number of rotatable bonds is 8. The Bertz CT molecular complexity index is 1410. The molecule has 3 aromatic heterocycles. The van der Waals surface area contributed by atoms with Crippen LogP contribution in [0.5, 0.6) is 11.5 Å². The monoisotopic (exact) mass is 550 g/mol. The summed E-state index contributed by atoms with van der Waals surface area (Å²) in [6.07, 6.45) is 4.41. The molecular formula is C30H38N4O4S. The Morgan fingerprint density at radius 2 is 1.82 bits per heavy atom. The lowest BCUT2D eigenvalue weighted by Crippen LogP contribution is -2.44. The van der Waals surface area contributed by atoms with Gasteiger partial charge in [0.2, 0.25) is 0 Å². The number of benzene rings is 1. The van der Waals surface area contributed by atoms with Crippen LogP contribution < -0.4 is 9.47 Å². The topological polar surface area (TPSA) is 70.8 Å². The lowest BCUT2D eigenvalue weighted by Gasteiger charge is -2.33. The third-order valence-electron chi connectivity index (χ3n) is 6.90. The minimum absolute atomic E-state index is 0.0793. The Labute approximate surface area is 234 Å². The smallest absolute Gasteiger partial charge is 0.410 e. The van der Waals surface area contributed by atoms with E-state index < -0.39 is 5.60 Å². The second-order valence-corrected chi connectivity index (χ2v) is 11.9. The molecule has 208 valence electrons. The Morgan fingerprint density at radius 3 is 2.49 bits per heavy atom. The SMILES string of the molecule is CCc1cn(CCOc2ccc(OC3CCN(C(=O)OC(C)(C)C)CC3)cc2)c(-c2cc3sccc3n2C)n1. The summed E-state index contributed by atoms with van der Waals surface area (Å²) in [6.45, 7) is 10.3. The number of aromatic nitrogens is 3. The quantitative estimate of drug-likeness (QED) is 0.250. The standard InChI is InChI=1S/C30H38N4O4S/c1-6-21-20-34(28(31-21)26-19-27-25(32(26)5)13-18-39-27)16-17-36-22-7-9-23(10-8-22)37-24-11-14-33(15-12-24)29(35)38-30(2,3)4/h7-10,13,18-20,24H,6,11-12,14-17H2,1-5H3. The molecule has 0 unspecified atom stereocenters. The van der Waals surface area contributed by atoms with E-state index in [0.717, 1.165) is 48.0 Å². The normalized spacial score (nSPS) is 14.6. The van der Waals surface area contributed by atoms with Gasteiger partial charge in [0, 0.05) is 39.2 Å². The van der Waals surface area contributed by atoms with Crippen LogP contribution in [0.4, 0.5) is 4.79 Å². The highest BCUT2D eigenvalue weighted by molar-refractivity contribution is 7.17. The first kappa shape index (κ1) is 27.1. The third kappa shape index (κ3) is 6.41. The molecule has 0 aliphatic carbocycles. The number of fused-ring (bicyclic) bond motifs is 1. The van der Waals surface area contributed by atoms with Crippen LogP contribution in [-0.2, 0) is 24.8 Å². The molecule has 39 heavy (non-hydrogen) atoms. The molecule has 0 radical (unpaired) electrons. The molecular weight excluding hydrogens is 512 g/mol. The van der Waals surface area contributed by atoms with Crippen molar-refractivity contribution in [2.75, 3.05) is 19.7 Å². The largest absolute Gasteiger partial charge is 0.492 e. The van der Waals surface area contributed by atoms with Crippen molar-refractivity contribution in [2.45, 2.75) is 65.2 Å². The fraction of sp³-hybridized carbons (Fsp3) is 0.467. The van der Waals surface area contributed by atoms with Crippen LogP contribution >= 0.6 is 11.3 Å². The number of carbonyl (C=O) groups is 1. The maximum absolute atomic E-state index is 12.3. The molecule has 0 spiro atoms. The molecule has 1 saturated heterocycles. The zero-order valence-electron chi connectivity index (χ0n) is 23.5. The van der Waals surface area contributed by atoms with Gasteiger partial charge in [-0.05, 0) is 69.0 Å². The summed E-state index contributed by atoms with van der Waals surface area (Å²) in [7, 11) is 2.10. The van der Waals surface area contributed by atoms with Crippen LogP contribution in [0.1, 0.15) is 46.2 Å². The number of piperidine rings is 1. The zero-order chi connectivity index (χ0) is 27.6. The number of ether oxygens (including phenoxy) is 3. The number of hydrogen-bond acceptors (Lipinski definition) is 6. The van der Waals surface area contributed by atoms with E-state index in [4.69, 9.17) is 19.2 Å². The highest BCUT2D eigenvalue weighted by atomic mass is 32.1. The number of thiophene rings is 1. The summed E-state index contributed by atoms with van der Waals surface area (Å²) in [6, 6.07) is 12.2. The third-order valence-corrected chi connectivity index (χ3v) is 7.76. The fourth-order valence-electron chi connectivity index (χ4n) is 4.83. The summed E-state index contributed by atoms with van der Waals surface area (Å²) in [5, 5.41) is 2.12. The summed E-state index contributed by atoms with van der Waals surface area (Å²) >= 11 is 1.75. The van der Waals surface area contributed by atoms with Crippen LogP contribution in [-0.4, -0.2) is 56.5 Å². The molecule has 1 fully saturated rings. The van der Waals surface area contributed by atoms with Gasteiger partial charge in [-0.15, -0.1) is 11.3 Å². The average Bonchev–Trinajstić information content (AvgIpc) is 3.61. The number of carbonyl (C=O) groups excluding carboxylic acids is 1. The Kier molecular flexibility index (Phi) is 7.88. The molecule has 8 nitrogen and oxygen atoms in total. The lowest BCUT2D eigenvalue weighted by molar-refractivity contribution is 0.0126. The van der Waals surface area contributed by atoms with Gasteiger partial charge in [0.1, 0.15) is 29.8 Å². The van der Waals surface area contributed by atoms with Crippen molar-refractivity contribution < 1.29 is 19.0 Å². The van der Waals surface area contributed by atoms with Crippen molar-refractivity contribution in [3.63, 3.8) is 0 Å². The lowest BCUT2D eigenvalue weighted by atomic mass is 10.1. The molecule has 0 atom stereocenters. The number of imidazole rings is 1. The van der Waals surface area contributed by atoms with E-state index in [0.29, 0.717) is 26.2 Å². The van der Waals surface area contributed by atoms with Crippen LogP contribution in [0.2, 0.25) is 0 Å². The molecule has 0 N–H and O–H groups in total. The van der Waals surface area contributed by atoms with Crippen LogP contribution in [0, 0.1) is 0 Å². The van der Waals surface area contributed by atoms with Gasteiger partial charge in [-0.3, -0.25) is 0 Å². The maximum atomic E-state index is 12.3. The van der Waals surface area contributed by atoms with E-state index in [1.54, 1.807) is 16.2 Å². The number of likely N-dealkylation sites (tertiary alicyclic amines) is 1. The number of nitrogens with zero attached hydrogens (tertiary/aromatic N) is 4. The molecule has 4 aromatic rings. The molecule has 0 bridgehead atoms. The molecule has 1 amide bonds. The van der Waals surface area contributed by atoms with Gasteiger partial charge in [-0.2, -0.15) is 0 Å². The minimum atomic E-state index is -0.480. The van der Waals surface area contributed by atoms with Crippen LogP contribution in [0.15, 0.2) is 48.0 Å². The summed E-state index contributed by atoms with van der Waals surface area (Å²) in [5.41, 5.74) is 2.95. The van der Waals surface area contributed by atoms with Gasteiger partial charge in [0.25, 0.3) is 0 Å². The highest BCUT2D eigenvalue weighted by Crippen LogP contribution is 2.30. The second kappa shape index (κ2) is 11.3. The van der Waals surface area contributed by atoms with Crippen LogP contribution in [0.25, 0.3) is 21.7 Å². The summed E-state index contributed by atoms with van der Waals surface area (Å²) < 4.78 is 23.4. The van der Waals surface area contributed by atoms with Gasteiger partial charge in [-0.1, -0.05) is 6.92 Å². The Hall–Kier alpha value is -3.46. The molecule has 9 heteroatoms. The van der Waals surface area contributed by atoms with Crippen molar-refractivity contribution in [1.29, 1.82) is 0 Å². The highest BCUT2D eigenvalue weighted by Gasteiger charge is 2.27. The van der Waals surface area contributed by atoms with Crippen molar-refractivity contribution >= 4 is 27.6 Å². The second-order valence-electron chi connectivity index (χ2n) is 11.0. The molecule has 1 aliphatic heterocycles. The Balaban J connectivity index is 1.13. The summed E-state index contributed by atoms with van der Waals surface area (Å²) in [4.78, 5) is 18.9. The zero-order valence-corrected chi connectivity index (χ0v) is 24.3. The molecule has 5 rings (SSSR count). The van der Waals surface area contributed by atoms with E-state index >= 15 is 0 Å². The van der Waals surface area contributed by atoms with E-state index in [-0.39, 0.29) is 12.2 Å². The Morgan fingerprint density at radius 1 is 1.10 bits per heavy atom. The molecule has 4 heterocycles. The first-order chi connectivity index (χ1) is 18.7. The van der Waals surface area contributed by atoms with Crippen LogP contribution in [0.3, 0.4) is 0 Å². The number of aryl methyl sites for hydroxylation is 2. The summed E-state index contributed by atoms with van der Waals surface area (Å²) in [5.74, 6) is 2.59. The first-order valence-corrected chi connectivity index (χ1v) is 14.5. The van der Waals surface area contributed by atoms with E-state index in [1.165, 1.54) is 10.2 Å². The van der Waals surface area contributed by atoms with Gasteiger partial charge < -0.3 is 28.2 Å². The van der Waals surface area contributed by atoms with E-state index in [9.17, 15) is 4.79 Å². The van der Waals surface area contributed by atoms with E-state index in [1.807, 2.05) is 45.0 Å². The fourth-order valence-corrected chi connectivity index (χ4v) is 5.68. The minimum Gasteiger partial charge on any atom is -0.492 e. The predicted molar refractivity (Wildman–Crippen MR) is 155 cm³/mol. The number of amides is 1. The van der Waals surface area contributed by atoms with Gasteiger partial charge in [0.05, 0.1) is 28.1 Å². The van der Waals surface area contributed by atoms with Crippen molar-refractivity contribution in [3.8, 4) is 23.0 Å². The number of hydrogen-bond donors (Lipinski definition) is 0. The van der Waals surface area contributed by atoms with E-state index in [2.05, 4.69) is 46.8 Å².